The molecule has 3 heterocycles. The summed E-state index contributed by atoms with van der Waals surface area (Å²) in [5, 5.41) is 12.0. The lowest BCUT2D eigenvalue weighted by Crippen LogP contribution is -2.29. The van der Waals surface area contributed by atoms with E-state index in [0.717, 1.165) is 20.9 Å². The van der Waals surface area contributed by atoms with E-state index in [9.17, 15) is 14.7 Å². The Morgan fingerprint density at radius 3 is 2.53 bits per heavy atom. The smallest absolute Gasteiger partial charge is 0.296 e. The molecule has 1 amide bonds. The summed E-state index contributed by atoms with van der Waals surface area (Å²) in [5.41, 5.74) is 2.82. The minimum absolute atomic E-state index is 0.0676. The maximum absolute atomic E-state index is 13.2. The summed E-state index contributed by atoms with van der Waals surface area (Å²) in [7, 11) is 0. The lowest BCUT2D eigenvalue weighted by atomic mass is 9.95. The van der Waals surface area contributed by atoms with E-state index in [1.54, 1.807) is 48.8 Å². The van der Waals surface area contributed by atoms with Crippen LogP contribution in [-0.2, 0) is 16.1 Å². The number of rotatable bonds is 4. The van der Waals surface area contributed by atoms with E-state index in [1.807, 2.05) is 30.3 Å². The molecule has 1 saturated heterocycles. The van der Waals surface area contributed by atoms with Gasteiger partial charge >= 0.3 is 0 Å². The number of Topliss-reactive ketones (excluding diaryl/α,β-unsaturated/α-hetero) is 1. The van der Waals surface area contributed by atoms with Gasteiger partial charge < -0.3 is 15.0 Å². The van der Waals surface area contributed by atoms with Crippen molar-refractivity contribution in [2.75, 3.05) is 0 Å². The van der Waals surface area contributed by atoms with Crippen molar-refractivity contribution in [1.82, 2.24) is 14.9 Å². The molecule has 7 heteroatoms. The fourth-order valence-electron chi connectivity index (χ4n) is 4.12. The summed E-state index contributed by atoms with van der Waals surface area (Å²) in [6.45, 7) is 0.146. The molecule has 6 nitrogen and oxygen atoms in total. The summed E-state index contributed by atoms with van der Waals surface area (Å²) in [4.78, 5) is 35.3. The number of benzene rings is 2. The molecule has 5 rings (SSSR count). The number of hydrogen-bond donors (Lipinski definition) is 2. The largest absolute Gasteiger partial charge is 0.507 e. The van der Waals surface area contributed by atoms with Gasteiger partial charge in [0.05, 0.1) is 23.9 Å². The first-order valence-corrected chi connectivity index (χ1v) is 10.8. The lowest BCUT2D eigenvalue weighted by molar-refractivity contribution is -0.140. The number of likely N-dealkylation sites (tertiary alicyclic amines) is 1. The molecule has 2 aromatic heterocycles. The topological polar surface area (TPSA) is 86.3 Å². The fraction of sp³-hybridized carbons (Fsp3) is 0.0800. The predicted molar refractivity (Wildman–Crippen MR) is 125 cm³/mol. The zero-order chi connectivity index (χ0) is 22.2. The van der Waals surface area contributed by atoms with Crippen LogP contribution in [0.2, 0.25) is 0 Å². The number of para-hydroxylation sites is 1. The van der Waals surface area contributed by atoms with Crippen molar-refractivity contribution >= 4 is 44.3 Å². The van der Waals surface area contributed by atoms with Crippen LogP contribution in [0.5, 0.6) is 0 Å². The van der Waals surface area contributed by atoms with Crippen LogP contribution < -0.4 is 0 Å². The maximum atomic E-state index is 13.2. The lowest BCUT2D eigenvalue weighted by Gasteiger charge is -2.24. The van der Waals surface area contributed by atoms with E-state index in [0.29, 0.717) is 11.3 Å². The van der Waals surface area contributed by atoms with E-state index < -0.39 is 17.7 Å². The molecule has 2 aromatic carbocycles. The SMILES string of the molecule is O=C1C(=O)N(Cc2ccccn2)C(c2c[nH]c3ccccc23)/C1=C(\O)c1ccc(Br)cc1. The molecule has 0 radical (unpaired) electrons. The highest BCUT2D eigenvalue weighted by atomic mass is 79.9. The average molecular weight is 488 g/mol. The van der Waals surface area contributed by atoms with Gasteiger partial charge in [-0.3, -0.25) is 14.6 Å². The predicted octanol–water partition coefficient (Wildman–Crippen LogP) is 4.95. The molecule has 0 saturated carbocycles. The van der Waals surface area contributed by atoms with Crippen molar-refractivity contribution in [3.63, 3.8) is 0 Å². The number of carbonyl (C=O) groups excluding carboxylic acids is 2. The van der Waals surface area contributed by atoms with Gasteiger partial charge in [-0.2, -0.15) is 0 Å². The number of amides is 1. The normalized spacial score (nSPS) is 17.9. The molecule has 1 atom stereocenters. The summed E-state index contributed by atoms with van der Waals surface area (Å²) in [6.07, 6.45) is 3.44. The van der Waals surface area contributed by atoms with Crippen molar-refractivity contribution in [1.29, 1.82) is 0 Å². The van der Waals surface area contributed by atoms with Crippen LogP contribution >= 0.6 is 15.9 Å². The third-order valence-electron chi connectivity index (χ3n) is 5.63. The number of aromatic nitrogens is 2. The Hall–Kier alpha value is -3.71. The monoisotopic (exact) mass is 487 g/mol. The number of fused-ring (bicyclic) bond motifs is 1. The number of aromatic amines is 1. The molecule has 1 aliphatic rings. The molecule has 0 bridgehead atoms. The second-order valence-corrected chi connectivity index (χ2v) is 8.46. The molecule has 158 valence electrons. The van der Waals surface area contributed by atoms with Crippen molar-refractivity contribution in [3.05, 3.63) is 106 Å². The molecule has 1 aliphatic heterocycles. The Morgan fingerprint density at radius 2 is 1.78 bits per heavy atom. The highest BCUT2D eigenvalue weighted by Gasteiger charge is 2.47. The van der Waals surface area contributed by atoms with Gasteiger partial charge in [-0.25, -0.2) is 0 Å². The highest BCUT2D eigenvalue weighted by molar-refractivity contribution is 9.10. The van der Waals surface area contributed by atoms with Crippen LogP contribution in [0.15, 0.2) is 89.2 Å². The quantitative estimate of drug-likeness (QED) is 0.242. The molecule has 0 spiro atoms. The molecule has 1 fully saturated rings. The number of nitrogens with zero attached hydrogens (tertiary/aromatic N) is 2. The van der Waals surface area contributed by atoms with E-state index in [-0.39, 0.29) is 17.9 Å². The Labute approximate surface area is 192 Å². The van der Waals surface area contributed by atoms with Gasteiger partial charge in [0, 0.05) is 38.9 Å². The van der Waals surface area contributed by atoms with Gasteiger partial charge in [-0.05, 0) is 30.3 Å². The molecule has 2 N–H and O–H groups in total. The second-order valence-electron chi connectivity index (χ2n) is 7.54. The average Bonchev–Trinajstić information content (AvgIpc) is 3.34. The van der Waals surface area contributed by atoms with Gasteiger partial charge in [0.2, 0.25) is 0 Å². The minimum atomic E-state index is -0.753. The molecule has 32 heavy (non-hydrogen) atoms. The minimum Gasteiger partial charge on any atom is -0.507 e. The van der Waals surface area contributed by atoms with Crippen LogP contribution in [0.25, 0.3) is 16.7 Å². The zero-order valence-electron chi connectivity index (χ0n) is 16.8. The molecular formula is C25H18BrN3O3. The third kappa shape index (κ3) is 3.40. The van der Waals surface area contributed by atoms with Crippen molar-refractivity contribution in [2.24, 2.45) is 0 Å². The highest BCUT2D eigenvalue weighted by Crippen LogP contribution is 2.42. The number of pyridine rings is 1. The Kier molecular flexibility index (Phi) is 5.11. The fourth-order valence-corrected chi connectivity index (χ4v) is 4.38. The summed E-state index contributed by atoms with van der Waals surface area (Å²) >= 11 is 3.38. The van der Waals surface area contributed by atoms with Gasteiger partial charge in [-0.1, -0.05) is 52.3 Å². The van der Waals surface area contributed by atoms with E-state index in [4.69, 9.17) is 0 Å². The van der Waals surface area contributed by atoms with Gasteiger partial charge in [0.15, 0.2) is 0 Å². The number of H-pyrrole nitrogens is 1. The summed E-state index contributed by atoms with van der Waals surface area (Å²) in [6, 6.07) is 19.3. The molecule has 1 unspecified atom stereocenters. The van der Waals surface area contributed by atoms with E-state index in [2.05, 4.69) is 25.9 Å². The number of nitrogens with one attached hydrogen (secondary N) is 1. The van der Waals surface area contributed by atoms with Crippen molar-refractivity contribution < 1.29 is 14.7 Å². The third-order valence-corrected chi connectivity index (χ3v) is 6.16. The summed E-state index contributed by atoms with van der Waals surface area (Å²) < 4.78 is 0.845. The first kappa shape index (κ1) is 20.2. The van der Waals surface area contributed by atoms with Gasteiger partial charge in [-0.15, -0.1) is 0 Å². The number of carbonyl (C=O) groups is 2. The molecular weight excluding hydrogens is 470 g/mol. The first-order chi connectivity index (χ1) is 15.5. The van der Waals surface area contributed by atoms with Crippen molar-refractivity contribution in [2.45, 2.75) is 12.6 Å². The van der Waals surface area contributed by atoms with Crippen molar-refractivity contribution in [3.8, 4) is 0 Å². The first-order valence-electron chi connectivity index (χ1n) is 10.0. The number of halogens is 1. The van der Waals surface area contributed by atoms with Crippen LogP contribution in [-0.4, -0.2) is 31.7 Å². The maximum Gasteiger partial charge on any atom is 0.296 e. The Morgan fingerprint density at radius 1 is 1.03 bits per heavy atom. The summed E-state index contributed by atoms with van der Waals surface area (Å²) in [5.74, 6) is -1.57. The van der Waals surface area contributed by atoms with Crippen LogP contribution in [0, 0.1) is 0 Å². The van der Waals surface area contributed by atoms with Gasteiger partial charge in [0.25, 0.3) is 11.7 Å². The van der Waals surface area contributed by atoms with Crippen LogP contribution in [0.1, 0.15) is 22.9 Å². The molecule has 0 aliphatic carbocycles. The van der Waals surface area contributed by atoms with Gasteiger partial charge in [0.1, 0.15) is 5.76 Å². The van der Waals surface area contributed by atoms with E-state index >= 15 is 0 Å². The second kappa shape index (κ2) is 8.09. The Balaban J connectivity index is 1.71. The zero-order valence-corrected chi connectivity index (χ0v) is 18.4. The Bertz CT molecular complexity index is 1360. The van der Waals surface area contributed by atoms with Crippen LogP contribution in [0.3, 0.4) is 0 Å². The standard InChI is InChI=1S/C25H18BrN3O3/c26-16-10-8-15(9-11-16)23(30)21-22(19-13-28-20-7-2-1-6-18(19)20)29(25(32)24(21)31)14-17-5-3-4-12-27-17/h1-13,22,28,30H,14H2/b23-21+. The number of aliphatic hydroxyl groups excluding tert-OH is 1. The van der Waals surface area contributed by atoms with Crippen LogP contribution in [0.4, 0.5) is 0 Å². The number of hydrogen-bond acceptors (Lipinski definition) is 4. The molecule has 4 aromatic rings. The van der Waals surface area contributed by atoms with E-state index in [1.165, 1.54) is 4.90 Å². The number of aliphatic hydroxyl groups is 1. The number of ketones is 1.